The molecule has 0 unspecified atom stereocenters. The minimum Gasteiger partial charge on any atom is -0.459 e. The highest BCUT2D eigenvalue weighted by Gasteiger charge is 2.16. The maximum absolute atomic E-state index is 13.4. The van der Waals surface area contributed by atoms with E-state index in [-0.39, 0.29) is 5.76 Å². The first-order valence-electron chi connectivity index (χ1n) is 7.95. The molecule has 29 heavy (non-hydrogen) atoms. The van der Waals surface area contributed by atoms with E-state index >= 15 is 0 Å². The standard InChI is InChI=1S/C17H14F3N3O6/c18-9-3-4-10(16(20)15(9)19)23-12(24)6-21-13(25)8-29-14(26)7-22-17(27)11-2-1-5-28-11/h1-5H,6-8H2,(H,21,25)(H,22,27)(H,23,24). The summed E-state index contributed by atoms with van der Waals surface area (Å²) in [6.07, 6.45) is 1.27. The summed E-state index contributed by atoms with van der Waals surface area (Å²) in [5, 5.41) is 6.22. The van der Waals surface area contributed by atoms with Crippen LogP contribution in [-0.2, 0) is 19.1 Å². The van der Waals surface area contributed by atoms with Crippen LogP contribution < -0.4 is 16.0 Å². The molecule has 0 saturated heterocycles. The third-order valence-corrected chi connectivity index (χ3v) is 3.26. The van der Waals surface area contributed by atoms with Gasteiger partial charge in [-0.05, 0) is 24.3 Å². The minimum absolute atomic E-state index is 0.0148. The summed E-state index contributed by atoms with van der Waals surface area (Å²) in [5.74, 6) is -8.15. The minimum atomic E-state index is -1.75. The topological polar surface area (TPSA) is 127 Å². The Hall–Kier alpha value is -3.83. The van der Waals surface area contributed by atoms with Gasteiger partial charge in [-0.3, -0.25) is 19.2 Å². The molecule has 2 rings (SSSR count). The molecule has 154 valence electrons. The molecular formula is C17H14F3N3O6. The third kappa shape index (κ3) is 6.37. The number of esters is 1. The van der Waals surface area contributed by atoms with Gasteiger partial charge in [0, 0.05) is 0 Å². The monoisotopic (exact) mass is 413 g/mol. The maximum Gasteiger partial charge on any atom is 0.325 e. The lowest BCUT2D eigenvalue weighted by atomic mass is 10.2. The van der Waals surface area contributed by atoms with Crippen LogP contribution in [0.3, 0.4) is 0 Å². The van der Waals surface area contributed by atoms with Crippen molar-refractivity contribution in [3.8, 4) is 0 Å². The molecule has 0 atom stereocenters. The molecule has 0 aliphatic carbocycles. The SMILES string of the molecule is O=C(COC(=O)CNC(=O)c1ccco1)NCC(=O)Nc1ccc(F)c(F)c1F. The van der Waals surface area contributed by atoms with E-state index in [1.807, 2.05) is 5.32 Å². The Balaban J connectivity index is 1.67. The van der Waals surface area contributed by atoms with Gasteiger partial charge in [0.15, 0.2) is 29.8 Å². The van der Waals surface area contributed by atoms with Crippen molar-refractivity contribution in [1.29, 1.82) is 0 Å². The van der Waals surface area contributed by atoms with E-state index in [4.69, 9.17) is 4.42 Å². The van der Waals surface area contributed by atoms with E-state index in [0.717, 1.165) is 6.07 Å². The highest BCUT2D eigenvalue weighted by atomic mass is 19.2. The molecule has 0 fully saturated rings. The molecule has 0 aliphatic rings. The summed E-state index contributed by atoms with van der Waals surface area (Å²) in [5.41, 5.74) is -0.609. The van der Waals surface area contributed by atoms with Gasteiger partial charge in [-0.15, -0.1) is 0 Å². The van der Waals surface area contributed by atoms with Crippen molar-refractivity contribution < 1.29 is 41.5 Å². The number of hydrogen-bond acceptors (Lipinski definition) is 6. The number of carbonyl (C=O) groups is 4. The molecular weight excluding hydrogens is 399 g/mol. The summed E-state index contributed by atoms with van der Waals surface area (Å²) < 4.78 is 48.7. The van der Waals surface area contributed by atoms with E-state index < -0.39 is 66.5 Å². The van der Waals surface area contributed by atoms with E-state index in [0.29, 0.717) is 6.07 Å². The molecule has 1 aromatic carbocycles. The Bertz CT molecular complexity index is 917. The van der Waals surface area contributed by atoms with Crippen LogP contribution >= 0.6 is 0 Å². The van der Waals surface area contributed by atoms with Crippen LogP contribution in [0, 0.1) is 17.5 Å². The zero-order chi connectivity index (χ0) is 21.4. The number of halogens is 3. The van der Waals surface area contributed by atoms with Crippen LogP contribution in [-0.4, -0.2) is 43.4 Å². The van der Waals surface area contributed by atoms with Gasteiger partial charge >= 0.3 is 5.97 Å². The number of furan rings is 1. The molecule has 0 spiro atoms. The molecule has 0 radical (unpaired) electrons. The number of amides is 3. The molecule has 3 N–H and O–H groups in total. The van der Waals surface area contributed by atoms with Gasteiger partial charge in [-0.2, -0.15) is 0 Å². The third-order valence-electron chi connectivity index (χ3n) is 3.26. The lowest BCUT2D eigenvalue weighted by Crippen LogP contribution is -2.37. The van der Waals surface area contributed by atoms with Crippen LogP contribution in [0.15, 0.2) is 34.9 Å². The van der Waals surface area contributed by atoms with Crippen LogP contribution in [0.1, 0.15) is 10.6 Å². The number of anilines is 1. The van der Waals surface area contributed by atoms with Crippen LogP contribution in [0.5, 0.6) is 0 Å². The average Bonchev–Trinajstić information content (AvgIpc) is 3.24. The zero-order valence-corrected chi connectivity index (χ0v) is 14.6. The molecule has 0 bridgehead atoms. The molecule has 2 aromatic rings. The predicted octanol–water partition coefficient (Wildman–Crippen LogP) is 0.725. The van der Waals surface area contributed by atoms with Gasteiger partial charge in [0.05, 0.1) is 18.5 Å². The van der Waals surface area contributed by atoms with Gasteiger partial charge in [-0.25, -0.2) is 13.2 Å². The van der Waals surface area contributed by atoms with Gasteiger partial charge in [-0.1, -0.05) is 0 Å². The summed E-state index contributed by atoms with van der Waals surface area (Å²) in [7, 11) is 0. The molecule has 1 aromatic heterocycles. The Morgan fingerprint density at radius 3 is 2.38 bits per heavy atom. The average molecular weight is 413 g/mol. The molecule has 1 heterocycles. The lowest BCUT2D eigenvalue weighted by molar-refractivity contribution is -0.147. The fourth-order valence-electron chi connectivity index (χ4n) is 1.89. The van der Waals surface area contributed by atoms with Crippen LogP contribution in [0.25, 0.3) is 0 Å². The number of ether oxygens (including phenoxy) is 1. The lowest BCUT2D eigenvalue weighted by Gasteiger charge is -2.09. The fraction of sp³-hybridized carbons (Fsp3) is 0.176. The first-order valence-corrected chi connectivity index (χ1v) is 7.95. The second-order valence-corrected chi connectivity index (χ2v) is 5.37. The number of hydrogen-bond donors (Lipinski definition) is 3. The Kier molecular flexibility index (Phi) is 7.34. The molecule has 0 saturated carbocycles. The van der Waals surface area contributed by atoms with Crippen molar-refractivity contribution >= 4 is 29.4 Å². The zero-order valence-electron chi connectivity index (χ0n) is 14.6. The normalized spacial score (nSPS) is 10.2. The number of nitrogens with one attached hydrogen (secondary N) is 3. The van der Waals surface area contributed by atoms with Gasteiger partial charge < -0.3 is 25.1 Å². The highest BCUT2D eigenvalue weighted by Crippen LogP contribution is 2.19. The molecule has 12 heteroatoms. The van der Waals surface area contributed by atoms with Crippen molar-refractivity contribution in [2.75, 3.05) is 25.0 Å². The van der Waals surface area contributed by atoms with Gasteiger partial charge in [0.2, 0.25) is 5.91 Å². The summed E-state index contributed by atoms with van der Waals surface area (Å²) in [4.78, 5) is 46.2. The summed E-state index contributed by atoms with van der Waals surface area (Å²) in [6, 6.07) is 4.29. The number of benzene rings is 1. The van der Waals surface area contributed by atoms with E-state index in [1.165, 1.54) is 18.4 Å². The predicted molar refractivity (Wildman–Crippen MR) is 90.0 cm³/mol. The van der Waals surface area contributed by atoms with Crippen molar-refractivity contribution in [1.82, 2.24) is 10.6 Å². The second-order valence-electron chi connectivity index (χ2n) is 5.37. The second kappa shape index (κ2) is 9.92. The largest absolute Gasteiger partial charge is 0.459 e. The summed E-state index contributed by atoms with van der Waals surface area (Å²) in [6.45, 7) is -1.92. The first kappa shape index (κ1) is 21.5. The van der Waals surface area contributed by atoms with Crippen molar-refractivity contribution in [2.24, 2.45) is 0 Å². The molecule has 0 aliphatic heterocycles. The molecule has 3 amide bonds. The van der Waals surface area contributed by atoms with Gasteiger partial charge in [0.1, 0.15) is 6.54 Å². The first-order chi connectivity index (χ1) is 13.8. The highest BCUT2D eigenvalue weighted by molar-refractivity contribution is 5.95. The Labute approximate surface area is 161 Å². The van der Waals surface area contributed by atoms with Gasteiger partial charge in [0.25, 0.3) is 11.8 Å². The fourth-order valence-corrected chi connectivity index (χ4v) is 1.89. The van der Waals surface area contributed by atoms with Crippen LogP contribution in [0.4, 0.5) is 18.9 Å². The smallest absolute Gasteiger partial charge is 0.325 e. The van der Waals surface area contributed by atoms with Crippen molar-refractivity contribution in [3.63, 3.8) is 0 Å². The number of rotatable bonds is 8. The van der Waals surface area contributed by atoms with E-state index in [1.54, 1.807) is 0 Å². The van der Waals surface area contributed by atoms with Crippen LogP contribution in [0.2, 0.25) is 0 Å². The molecule has 9 nitrogen and oxygen atoms in total. The summed E-state index contributed by atoms with van der Waals surface area (Å²) >= 11 is 0. The number of carbonyl (C=O) groups excluding carboxylic acids is 4. The van der Waals surface area contributed by atoms with E-state index in [9.17, 15) is 32.3 Å². The maximum atomic E-state index is 13.4. The Morgan fingerprint density at radius 1 is 0.931 bits per heavy atom. The van der Waals surface area contributed by atoms with Crippen molar-refractivity contribution in [2.45, 2.75) is 0 Å². The quantitative estimate of drug-likeness (QED) is 0.433. The van der Waals surface area contributed by atoms with E-state index in [2.05, 4.69) is 15.4 Å². The van der Waals surface area contributed by atoms with Crippen molar-refractivity contribution in [3.05, 3.63) is 53.7 Å². The Morgan fingerprint density at radius 2 is 1.69 bits per heavy atom.